The quantitative estimate of drug-likeness (QED) is 0.333. The highest BCUT2D eigenvalue weighted by molar-refractivity contribution is 5.94. The fraction of sp³-hybridized carbons (Fsp3) is 0.467. The van der Waals surface area contributed by atoms with Crippen molar-refractivity contribution in [2.45, 2.75) is 71.5 Å². The number of aromatic nitrogens is 1. The van der Waals surface area contributed by atoms with Crippen LogP contribution in [0, 0.1) is 5.92 Å². The molecule has 0 spiro atoms. The van der Waals surface area contributed by atoms with Crippen LogP contribution in [0.3, 0.4) is 0 Å². The molecule has 0 radical (unpaired) electrons. The maximum absolute atomic E-state index is 13.9. The fourth-order valence-corrected chi connectivity index (χ4v) is 4.99. The summed E-state index contributed by atoms with van der Waals surface area (Å²) in [5.41, 5.74) is 2.35. The molecule has 0 aliphatic heterocycles. The fourth-order valence-electron chi connectivity index (χ4n) is 4.99. The van der Waals surface area contributed by atoms with Crippen molar-refractivity contribution < 1.29 is 14.0 Å². The van der Waals surface area contributed by atoms with E-state index in [4.69, 9.17) is 4.42 Å². The van der Waals surface area contributed by atoms with Crippen LogP contribution in [0.2, 0.25) is 0 Å². The molecule has 0 bridgehead atoms. The highest BCUT2D eigenvalue weighted by Crippen LogP contribution is 2.25. The van der Waals surface area contributed by atoms with Crippen LogP contribution in [-0.4, -0.2) is 45.3 Å². The lowest BCUT2D eigenvalue weighted by atomic mass is 9.94. The Kier molecular flexibility index (Phi) is 9.04. The van der Waals surface area contributed by atoms with E-state index in [1.54, 1.807) is 17.0 Å². The largest absolute Gasteiger partial charge is 0.459 e. The molecular formula is C30H39N3O3. The highest BCUT2D eigenvalue weighted by Gasteiger charge is 2.29. The Bertz CT molecular complexity index is 1080. The number of rotatable bonds is 11. The van der Waals surface area contributed by atoms with Gasteiger partial charge in [-0.2, -0.15) is 0 Å². The monoisotopic (exact) mass is 489 g/mol. The lowest BCUT2D eigenvalue weighted by Gasteiger charge is -2.36. The molecular weight excluding hydrogens is 450 g/mol. The molecule has 2 heterocycles. The summed E-state index contributed by atoms with van der Waals surface area (Å²) in [6.45, 7) is 6.19. The minimum absolute atomic E-state index is 0.0121. The Morgan fingerprint density at radius 3 is 2.47 bits per heavy atom. The van der Waals surface area contributed by atoms with E-state index in [9.17, 15) is 9.59 Å². The van der Waals surface area contributed by atoms with E-state index < -0.39 is 0 Å². The number of nitrogens with zero attached hydrogens (tertiary/aromatic N) is 3. The predicted octanol–water partition coefficient (Wildman–Crippen LogP) is 5.98. The molecule has 1 aliphatic rings. The summed E-state index contributed by atoms with van der Waals surface area (Å²) in [6.07, 6.45) is 9.96. The first-order valence-corrected chi connectivity index (χ1v) is 13.3. The molecule has 0 unspecified atom stereocenters. The topological polar surface area (TPSA) is 58.7 Å². The molecule has 192 valence electrons. The third-order valence-corrected chi connectivity index (χ3v) is 7.11. The van der Waals surface area contributed by atoms with Gasteiger partial charge in [-0.05, 0) is 55.0 Å². The number of amides is 2. The van der Waals surface area contributed by atoms with Crippen molar-refractivity contribution in [1.29, 1.82) is 0 Å². The lowest BCUT2D eigenvalue weighted by Crippen LogP contribution is -2.48. The molecule has 6 heteroatoms. The molecule has 0 N–H and O–H groups in total. The van der Waals surface area contributed by atoms with Gasteiger partial charge in [-0.3, -0.25) is 9.59 Å². The number of benzene rings is 1. The van der Waals surface area contributed by atoms with Crippen LogP contribution in [0.25, 0.3) is 0 Å². The van der Waals surface area contributed by atoms with Crippen molar-refractivity contribution in [2.75, 3.05) is 13.1 Å². The molecule has 1 aliphatic carbocycles. The third kappa shape index (κ3) is 6.90. The van der Waals surface area contributed by atoms with Crippen LogP contribution in [0.1, 0.15) is 74.2 Å². The van der Waals surface area contributed by atoms with Crippen LogP contribution in [0.15, 0.2) is 71.5 Å². The Labute approximate surface area is 214 Å². The zero-order chi connectivity index (χ0) is 25.3. The first-order valence-electron chi connectivity index (χ1n) is 13.3. The predicted molar refractivity (Wildman–Crippen MR) is 141 cm³/mol. The van der Waals surface area contributed by atoms with Gasteiger partial charge in [-0.15, -0.1) is 0 Å². The summed E-state index contributed by atoms with van der Waals surface area (Å²) in [4.78, 5) is 30.7. The second kappa shape index (κ2) is 12.6. The Balaban J connectivity index is 1.53. The van der Waals surface area contributed by atoms with Gasteiger partial charge >= 0.3 is 0 Å². The summed E-state index contributed by atoms with van der Waals surface area (Å²) < 4.78 is 7.60. The summed E-state index contributed by atoms with van der Waals surface area (Å²) in [5, 5.41) is 0. The Morgan fingerprint density at radius 1 is 1.00 bits per heavy atom. The maximum Gasteiger partial charge on any atom is 0.290 e. The van der Waals surface area contributed by atoms with Crippen molar-refractivity contribution in [3.05, 3.63) is 84.1 Å². The van der Waals surface area contributed by atoms with Gasteiger partial charge in [0.2, 0.25) is 5.91 Å². The van der Waals surface area contributed by atoms with Gasteiger partial charge in [0.05, 0.1) is 12.8 Å². The average molecular weight is 490 g/mol. The number of carbonyl (C=O) groups is 2. The molecule has 1 saturated carbocycles. The van der Waals surface area contributed by atoms with Crippen molar-refractivity contribution in [3.63, 3.8) is 0 Å². The van der Waals surface area contributed by atoms with Gasteiger partial charge in [-0.1, -0.05) is 63.4 Å². The van der Waals surface area contributed by atoms with E-state index in [1.165, 1.54) is 18.2 Å². The zero-order valence-corrected chi connectivity index (χ0v) is 21.6. The summed E-state index contributed by atoms with van der Waals surface area (Å²) in [5.74, 6) is 0.512. The van der Waals surface area contributed by atoms with E-state index >= 15 is 0 Å². The van der Waals surface area contributed by atoms with Gasteiger partial charge in [-0.25, -0.2) is 0 Å². The molecule has 0 saturated heterocycles. The van der Waals surface area contributed by atoms with E-state index in [-0.39, 0.29) is 30.2 Å². The molecule has 4 rings (SSSR count). The van der Waals surface area contributed by atoms with Gasteiger partial charge in [0, 0.05) is 31.0 Å². The van der Waals surface area contributed by atoms with Crippen LogP contribution >= 0.6 is 0 Å². The maximum atomic E-state index is 13.9. The molecule has 1 aromatic carbocycles. The van der Waals surface area contributed by atoms with Gasteiger partial charge in [0.15, 0.2) is 5.76 Å². The molecule has 2 amide bonds. The van der Waals surface area contributed by atoms with E-state index in [0.717, 1.165) is 44.3 Å². The van der Waals surface area contributed by atoms with Crippen molar-refractivity contribution in [2.24, 2.45) is 5.92 Å². The van der Waals surface area contributed by atoms with Gasteiger partial charge < -0.3 is 18.8 Å². The Hall–Kier alpha value is -3.28. The Morgan fingerprint density at radius 2 is 1.78 bits per heavy atom. The minimum Gasteiger partial charge on any atom is -0.459 e. The van der Waals surface area contributed by atoms with Crippen LogP contribution < -0.4 is 0 Å². The standard InChI is InChI=1S/C30H39N3O3/c1-24(2)17-19-32(30(35)28-16-10-20-36-28)23-29(34)33(26-13-7-4-8-14-26)22-27-15-9-18-31(27)21-25-11-5-3-6-12-25/h3,5-6,9-12,15-16,18,20,24,26H,4,7-8,13-14,17,19,21-23H2,1-2H3. The number of hydrogen-bond donors (Lipinski definition) is 0. The molecule has 2 aromatic heterocycles. The van der Waals surface area contributed by atoms with Crippen molar-refractivity contribution in [3.8, 4) is 0 Å². The van der Waals surface area contributed by atoms with Gasteiger partial charge in [0.1, 0.15) is 6.54 Å². The summed E-state index contributed by atoms with van der Waals surface area (Å²) in [6, 6.07) is 18.1. The number of carbonyl (C=O) groups excluding carboxylic acids is 2. The third-order valence-electron chi connectivity index (χ3n) is 7.11. The minimum atomic E-state index is -0.218. The molecule has 36 heavy (non-hydrogen) atoms. The first-order chi connectivity index (χ1) is 17.5. The van der Waals surface area contributed by atoms with Crippen LogP contribution in [-0.2, 0) is 17.9 Å². The summed E-state index contributed by atoms with van der Waals surface area (Å²) in [7, 11) is 0. The van der Waals surface area contributed by atoms with E-state index in [1.807, 2.05) is 11.0 Å². The second-order valence-corrected chi connectivity index (χ2v) is 10.3. The van der Waals surface area contributed by atoms with Crippen molar-refractivity contribution in [1.82, 2.24) is 14.4 Å². The smallest absolute Gasteiger partial charge is 0.290 e. The zero-order valence-electron chi connectivity index (χ0n) is 21.6. The molecule has 0 atom stereocenters. The van der Waals surface area contributed by atoms with Crippen molar-refractivity contribution >= 4 is 11.8 Å². The first kappa shape index (κ1) is 25.8. The second-order valence-electron chi connectivity index (χ2n) is 10.3. The molecule has 3 aromatic rings. The van der Waals surface area contributed by atoms with Crippen LogP contribution in [0.4, 0.5) is 0 Å². The average Bonchev–Trinajstić information content (AvgIpc) is 3.58. The highest BCUT2D eigenvalue weighted by atomic mass is 16.3. The van der Waals surface area contributed by atoms with E-state index in [0.29, 0.717) is 19.0 Å². The summed E-state index contributed by atoms with van der Waals surface area (Å²) >= 11 is 0. The normalized spacial score (nSPS) is 14.2. The SMILES string of the molecule is CC(C)CCN(CC(=O)N(Cc1cccn1Cc1ccccc1)C1CCCCC1)C(=O)c1ccco1. The van der Waals surface area contributed by atoms with E-state index in [2.05, 4.69) is 61.0 Å². The van der Waals surface area contributed by atoms with Crippen LogP contribution in [0.5, 0.6) is 0 Å². The molecule has 6 nitrogen and oxygen atoms in total. The lowest BCUT2D eigenvalue weighted by molar-refractivity contribution is -0.135. The number of furan rings is 1. The number of hydrogen-bond acceptors (Lipinski definition) is 3. The molecule has 1 fully saturated rings. The van der Waals surface area contributed by atoms with Gasteiger partial charge in [0.25, 0.3) is 5.91 Å².